The highest BCUT2D eigenvalue weighted by atomic mass is 19.1. The molecule has 3 aromatic rings. The number of amides is 2. The SMILES string of the molecule is CCc1cc2c(cc1Cc1ccc(C(=O)NC)nc1)C(=O)N(c1ncc(F)cc1F)CC2. The molecule has 2 amide bonds. The van der Waals surface area contributed by atoms with Gasteiger partial charge >= 0.3 is 0 Å². The number of pyridine rings is 2. The smallest absolute Gasteiger partial charge is 0.269 e. The zero-order chi connectivity index (χ0) is 22.8. The molecule has 6 nitrogen and oxygen atoms in total. The molecule has 0 spiro atoms. The van der Waals surface area contributed by atoms with Crippen molar-refractivity contribution < 1.29 is 18.4 Å². The number of carbonyl (C=O) groups is 2. The predicted molar refractivity (Wildman–Crippen MR) is 116 cm³/mol. The highest BCUT2D eigenvalue weighted by molar-refractivity contribution is 6.08. The van der Waals surface area contributed by atoms with Gasteiger partial charge in [0.05, 0.1) is 6.20 Å². The van der Waals surface area contributed by atoms with Crippen LogP contribution in [0, 0.1) is 11.6 Å². The fraction of sp³-hybridized carbons (Fsp3) is 0.250. The van der Waals surface area contributed by atoms with Gasteiger partial charge in [-0.1, -0.05) is 19.1 Å². The Morgan fingerprint density at radius 3 is 2.59 bits per heavy atom. The number of rotatable bonds is 5. The maximum atomic E-state index is 14.3. The summed E-state index contributed by atoms with van der Waals surface area (Å²) >= 11 is 0. The fourth-order valence-corrected chi connectivity index (χ4v) is 3.94. The van der Waals surface area contributed by atoms with Crippen molar-refractivity contribution in [3.63, 3.8) is 0 Å². The van der Waals surface area contributed by atoms with Gasteiger partial charge in [0.1, 0.15) is 11.5 Å². The Labute approximate surface area is 184 Å². The second-order valence-corrected chi connectivity index (χ2v) is 7.60. The molecule has 1 aliphatic heterocycles. The van der Waals surface area contributed by atoms with Crippen molar-refractivity contribution >= 4 is 17.6 Å². The molecule has 0 unspecified atom stereocenters. The molecule has 1 N–H and O–H groups in total. The lowest BCUT2D eigenvalue weighted by Crippen LogP contribution is -2.39. The van der Waals surface area contributed by atoms with Crippen LogP contribution in [-0.4, -0.2) is 35.4 Å². The molecular formula is C24H22F2N4O2. The Morgan fingerprint density at radius 2 is 1.94 bits per heavy atom. The second-order valence-electron chi connectivity index (χ2n) is 7.60. The van der Waals surface area contributed by atoms with Crippen molar-refractivity contribution in [2.24, 2.45) is 0 Å². The molecule has 164 valence electrons. The minimum absolute atomic E-state index is 0.169. The molecule has 0 bridgehead atoms. The van der Waals surface area contributed by atoms with Gasteiger partial charge in [0.25, 0.3) is 11.8 Å². The molecule has 1 aliphatic rings. The maximum Gasteiger partial charge on any atom is 0.269 e. The summed E-state index contributed by atoms with van der Waals surface area (Å²) in [7, 11) is 1.55. The molecule has 1 aromatic carbocycles. The molecule has 3 heterocycles. The summed E-state index contributed by atoms with van der Waals surface area (Å²) in [6, 6.07) is 8.10. The summed E-state index contributed by atoms with van der Waals surface area (Å²) in [5.74, 6) is -2.44. The van der Waals surface area contributed by atoms with Crippen molar-refractivity contribution in [3.05, 3.63) is 87.9 Å². The van der Waals surface area contributed by atoms with E-state index in [9.17, 15) is 18.4 Å². The first-order valence-electron chi connectivity index (χ1n) is 10.4. The number of fused-ring (bicyclic) bond motifs is 1. The van der Waals surface area contributed by atoms with Gasteiger partial charge in [-0.15, -0.1) is 0 Å². The summed E-state index contributed by atoms with van der Waals surface area (Å²) in [5, 5.41) is 2.54. The average Bonchev–Trinajstić information content (AvgIpc) is 2.80. The van der Waals surface area contributed by atoms with Gasteiger partial charge in [-0.05, 0) is 53.6 Å². The summed E-state index contributed by atoms with van der Waals surface area (Å²) < 4.78 is 27.5. The van der Waals surface area contributed by atoms with Crippen LogP contribution in [0.2, 0.25) is 0 Å². The van der Waals surface area contributed by atoms with Gasteiger partial charge in [-0.2, -0.15) is 0 Å². The molecule has 0 aliphatic carbocycles. The third-order valence-electron chi connectivity index (χ3n) is 5.61. The standard InChI is InChI=1S/C24H22F2N4O2/c1-3-15-9-16-6-7-30(22-20(26)11-18(25)13-29-22)24(32)19(16)10-17(15)8-14-4-5-21(28-12-14)23(31)27-2/h4-5,9-13H,3,6-8H2,1-2H3,(H,27,31). The van der Waals surface area contributed by atoms with E-state index in [1.54, 1.807) is 19.3 Å². The van der Waals surface area contributed by atoms with E-state index in [1.165, 1.54) is 4.90 Å². The van der Waals surface area contributed by atoms with Crippen molar-refractivity contribution in [2.75, 3.05) is 18.5 Å². The van der Waals surface area contributed by atoms with Crippen LogP contribution in [0.25, 0.3) is 0 Å². The second kappa shape index (κ2) is 8.82. The van der Waals surface area contributed by atoms with Gasteiger partial charge in [0.15, 0.2) is 11.6 Å². The fourth-order valence-electron chi connectivity index (χ4n) is 3.94. The number of nitrogens with zero attached hydrogens (tertiary/aromatic N) is 3. The van der Waals surface area contributed by atoms with Gasteiger partial charge in [-0.3, -0.25) is 19.5 Å². The number of hydrogen-bond acceptors (Lipinski definition) is 4. The Kier molecular flexibility index (Phi) is 5.94. The van der Waals surface area contributed by atoms with Gasteiger partial charge in [-0.25, -0.2) is 13.8 Å². The molecule has 0 atom stereocenters. The molecular weight excluding hydrogens is 414 g/mol. The van der Waals surface area contributed by atoms with Crippen LogP contribution in [0.5, 0.6) is 0 Å². The molecule has 4 rings (SSSR count). The van der Waals surface area contributed by atoms with Crippen LogP contribution in [0.4, 0.5) is 14.6 Å². The van der Waals surface area contributed by atoms with E-state index in [-0.39, 0.29) is 24.2 Å². The Bertz CT molecular complexity index is 1200. The van der Waals surface area contributed by atoms with Crippen molar-refractivity contribution in [1.29, 1.82) is 0 Å². The lowest BCUT2D eigenvalue weighted by Gasteiger charge is -2.29. The van der Waals surface area contributed by atoms with Crippen molar-refractivity contribution in [2.45, 2.75) is 26.2 Å². The Balaban J connectivity index is 1.66. The third-order valence-corrected chi connectivity index (χ3v) is 5.61. The van der Waals surface area contributed by atoms with Gasteiger partial charge in [0.2, 0.25) is 0 Å². The molecule has 0 saturated heterocycles. The van der Waals surface area contributed by atoms with Crippen LogP contribution in [-0.2, 0) is 19.3 Å². The minimum Gasteiger partial charge on any atom is -0.354 e. The number of aryl methyl sites for hydroxylation is 1. The number of nitrogens with one attached hydrogen (secondary N) is 1. The number of hydrogen-bond donors (Lipinski definition) is 1. The third kappa shape index (κ3) is 4.08. The number of carbonyl (C=O) groups excluding carboxylic acids is 2. The van der Waals surface area contributed by atoms with E-state index in [1.807, 2.05) is 25.1 Å². The molecule has 2 aromatic heterocycles. The van der Waals surface area contributed by atoms with Crippen LogP contribution in [0.15, 0.2) is 42.7 Å². The average molecular weight is 436 g/mol. The van der Waals surface area contributed by atoms with Gasteiger partial charge in [0, 0.05) is 31.4 Å². The molecule has 32 heavy (non-hydrogen) atoms. The minimum atomic E-state index is -0.866. The summed E-state index contributed by atoms with van der Waals surface area (Å²) in [5.41, 5.74) is 4.71. The molecule has 8 heteroatoms. The Hall–Kier alpha value is -3.68. The lowest BCUT2D eigenvalue weighted by atomic mass is 9.89. The van der Waals surface area contributed by atoms with E-state index in [0.29, 0.717) is 24.1 Å². The summed E-state index contributed by atoms with van der Waals surface area (Å²) in [4.78, 5) is 34.1. The molecule has 0 radical (unpaired) electrons. The maximum absolute atomic E-state index is 14.3. The first-order valence-corrected chi connectivity index (χ1v) is 10.4. The number of halogens is 2. The van der Waals surface area contributed by atoms with Crippen LogP contribution in [0.1, 0.15) is 50.0 Å². The predicted octanol–water partition coefficient (Wildman–Crippen LogP) is 3.47. The first-order chi connectivity index (χ1) is 15.4. The zero-order valence-electron chi connectivity index (χ0n) is 17.8. The highest BCUT2D eigenvalue weighted by Gasteiger charge is 2.29. The van der Waals surface area contributed by atoms with E-state index < -0.39 is 11.6 Å². The quantitative estimate of drug-likeness (QED) is 0.665. The summed E-state index contributed by atoms with van der Waals surface area (Å²) in [6.07, 6.45) is 4.43. The highest BCUT2D eigenvalue weighted by Crippen LogP contribution is 2.29. The van der Waals surface area contributed by atoms with Crippen LogP contribution in [0.3, 0.4) is 0 Å². The van der Waals surface area contributed by atoms with Crippen LogP contribution < -0.4 is 10.2 Å². The number of aromatic nitrogens is 2. The molecule has 0 fully saturated rings. The van der Waals surface area contributed by atoms with E-state index >= 15 is 0 Å². The largest absolute Gasteiger partial charge is 0.354 e. The zero-order valence-corrected chi connectivity index (χ0v) is 17.8. The monoisotopic (exact) mass is 436 g/mol. The first kappa shape index (κ1) is 21.5. The van der Waals surface area contributed by atoms with E-state index in [0.717, 1.165) is 40.9 Å². The van der Waals surface area contributed by atoms with Gasteiger partial charge < -0.3 is 5.32 Å². The van der Waals surface area contributed by atoms with Crippen LogP contribution >= 0.6 is 0 Å². The summed E-state index contributed by atoms with van der Waals surface area (Å²) in [6.45, 7) is 2.32. The molecule has 0 saturated carbocycles. The lowest BCUT2D eigenvalue weighted by molar-refractivity contribution is 0.0955. The van der Waals surface area contributed by atoms with E-state index in [2.05, 4.69) is 15.3 Å². The van der Waals surface area contributed by atoms with Crippen molar-refractivity contribution in [1.82, 2.24) is 15.3 Å². The van der Waals surface area contributed by atoms with E-state index in [4.69, 9.17) is 0 Å². The Morgan fingerprint density at radius 1 is 1.12 bits per heavy atom. The number of anilines is 1. The normalized spacial score (nSPS) is 13.1. The van der Waals surface area contributed by atoms with Crippen molar-refractivity contribution in [3.8, 4) is 0 Å². The topological polar surface area (TPSA) is 75.2 Å². The number of benzene rings is 1.